The van der Waals surface area contributed by atoms with Crippen LogP contribution in [0.3, 0.4) is 0 Å². The van der Waals surface area contributed by atoms with E-state index in [0.717, 1.165) is 25.2 Å². The molecule has 1 aliphatic heterocycles. The monoisotopic (exact) mass is 468 g/mol. The van der Waals surface area contributed by atoms with Crippen molar-refractivity contribution in [3.05, 3.63) is 29.8 Å². The van der Waals surface area contributed by atoms with E-state index in [9.17, 15) is 8.78 Å². The lowest BCUT2D eigenvalue weighted by Gasteiger charge is -2.24. The summed E-state index contributed by atoms with van der Waals surface area (Å²) in [7, 11) is 1.72. The van der Waals surface area contributed by atoms with E-state index >= 15 is 0 Å². The molecule has 0 amide bonds. The fraction of sp³-hybridized carbons (Fsp3) is 0.588. The smallest absolute Gasteiger partial charge is 0.387 e. The molecule has 5 nitrogen and oxygen atoms in total. The molecule has 0 saturated carbocycles. The van der Waals surface area contributed by atoms with E-state index in [1.807, 2.05) is 6.07 Å². The maximum absolute atomic E-state index is 12.3. The van der Waals surface area contributed by atoms with Crippen LogP contribution < -0.4 is 15.4 Å². The third-order valence-electron chi connectivity index (χ3n) is 4.22. The van der Waals surface area contributed by atoms with Crippen molar-refractivity contribution in [2.75, 3.05) is 26.7 Å². The van der Waals surface area contributed by atoms with Gasteiger partial charge in [0.25, 0.3) is 0 Å². The summed E-state index contributed by atoms with van der Waals surface area (Å²) in [5.41, 5.74) is 0.854. The second-order valence-corrected chi connectivity index (χ2v) is 5.76. The van der Waals surface area contributed by atoms with Gasteiger partial charge in [0.2, 0.25) is 0 Å². The van der Waals surface area contributed by atoms with Crippen LogP contribution in [0.4, 0.5) is 8.78 Å². The Balaban J connectivity index is 0.00000312. The fourth-order valence-electron chi connectivity index (χ4n) is 3.00. The zero-order valence-electron chi connectivity index (χ0n) is 14.7. The largest absolute Gasteiger partial charge is 0.435 e. The van der Waals surface area contributed by atoms with Crippen LogP contribution in [0.1, 0.15) is 25.3 Å². The quantitative estimate of drug-likeness (QED) is 0.367. The van der Waals surface area contributed by atoms with Crippen molar-refractivity contribution in [3.8, 4) is 5.75 Å². The molecule has 1 heterocycles. The predicted octanol–water partition coefficient (Wildman–Crippen LogP) is 3.06. The lowest BCUT2D eigenvalue weighted by Crippen LogP contribution is -2.44. The van der Waals surface area contributed by atoms with Crippen LogP contribution in [0.15, 0.2) is 29.3 Å². The van der Waals surface area contributed by atoms with Crippen molar-refractivity contribution in [1.29, 1.82) is 0 Å². The maximum Gasteiger partial charge on any atom is 0.387 e. The Bertz CT molecular complexity index is 545. The summed E-state index contributed by atoms with van der Waals surface area (Å²) in [6.45, 7) is 2.93. The van der Waals surface area contributed by atoms with Crippen LogP contribution in [-0.4, -0.2) is 50.2 Å². The fourth-order valence-corrected chi connectivity index (χ4v) is 3.00. The van der Waals surface area contributed by atoms with Crippen molar-refractivity contribution >= 4 is 29.9 Å². The maximum atomic E-state index is 12.3. The summed E-state index contributed by atoms with van der Waals surface area (Å²) in [6, 6.07) is 7.21. The highest BCUT2D eigenvalue weighted by Gasteiger charge is 2.22. The molecular weight excluding hydrogens is 441 g/mol. The topological polar surface area (TPSA) is 48.9 Å². The van der Waals surface area contributed by atoms with Gasteiger partial charge >= 0.3 is 6.61 Å². The van der Waals surface area contributed by atoms with Crippen LogP contribution in [0.25, 0.3) is 0 Å². The van der Waals surface area contributed by atoms with E-state index in [2.05, 4.69) is 32.2 Å². The van der Waals surface area contributed by atoms with E-state index in [1.165, 1.54) is 18.9 Å². The van der Waals surface area contributed by atoms with Crippen LogP contribution >= 0.6 is 24.0 Å². The molecule has 0 spiro atoms. The van der Waals surface area contributed by atoms with Gasteiger partial charge in [-0.15, -0.1) is 24.0 Å². The van der Waals surface area contributed by atoms with Crippen LogP contribution in [-0.2, 0) is 6.54 Å². The van der Waals surface area contributed by atoms with Gasteiger partial charge in [0, 0.05) is 26.2 Å². The first-order valence-corrected chi connectivity index (χ1v) is 8.34. The van der Waals surface area contributed by atoms with Gasteiger partial charge in [-0.05, 0) is 43.6 Å². The minimum atomic E-state index is -2.81. The molecule has 1 saturated heterocycles. The zero-order chi connectivity index (χ0) is 17.4. The minimum absolute atomic E-state index is 0. The van der Waals surface area contributed by atoms with Crippen molar-refractivity contribution in [1.82, 2.24) is 15.5 Å². The number of halogens is 3. The van der Waals surface area contributed by atoms with Crippen molar-refractivity contribution in [2.45, 2.75) is 39.0 Å². The molecule has 0 aromatic heterocycles. The summed E-state index contributed by atoms with van der Waals surface area (Å²) in [5, 5.41) is 6.54. The molecule has 8 heteroatoms. The molecule has 2 N–H and O–H groups in total. The van der Waals surface area contributed by atoms with Crippen molar-refractivity contribution < 1.29 is 13.5 Å². The normalized spacial score (nSPS) is 18.1. The number of hydrogen-bond acceptors (Lipinski definition) is 3. The van der Waals surface area contributed by atoms with Gasteiger partial charge < -0.3 is 15.4 Å². The Morgan fingerprint density at radius 1 is 1.40 bits per heavy atom. The van der Waals surface area contributed by atoms with Gasteiger partial charge in [-0.3, -0.25) is 9.89 Å². The standard InChI is InChI=1S/C17H26F2N4O.HI/c1-3-23-9-5-7-14(23)12-22-17(20-2)21-11-13-6-4-8-15(10-13)24-16(18)19;/h4,6,8,10,14,16H,3,5,7,9,11-12H2,1-2H3,(H2,20,21,22);1H. The van der Waals surface area contributed by atoms with Crippen LogP contribution in [0.2, 0.25) is 0 Å². The Kier molecular flexibility index (Phi) is 10.0. The Morgan fingerprint density at radius 2 is 2.20 bits per heavy atom. The Morgan fingerprint density at radius 3 is 2.88 bits per heavy atom. The molecule has 0 radical (unpaired) electrons. The molecule has 1 aromatic rings. The van der Waals surface area contributed by atoms with Gasteiger partial charge in [0.1, 0.15) is 5.75 Å². The number of rotatable bonds is 7. The van der Waals surface area contributed by atoms with E-state index in [4.69, 9.17) is 0 Å². The average molecular weight is 468 g/mol. The highest BCUT2D eigenvalue weighted by molar-refractivity contribution is 14.0. The number of hydrogen-bond donors (Lipinski definition) is 2. The second kappa shape index (κ2) is 11.5. The number of nitrogens with one attached hydrogen (secondary N) is 2. The van der Waals surface area contributed by atoms with Crippen molar-refractivity contribution in [2.24, 2.45) is 4.99 Å². The molecule has 0 aliphatic carbocycles. The molecular formula is C17H27F2IN4O. The first-order valence-electron chi connectivity index (χ1n) is 8.34. The Labute approximate surface area is 165 Å². The summed E-state index contributed by atoms with van der Waals surface area (Å²) in [4.78, 5) is 6.67. The minimum Gasteiger partial charge on any atom is -0.435 e. The van der Waals surface area contributed by atoms with Gasteiger partial charge in [-0.2, -0.15) is 8.78 Å². The molecule has 1 aliphatic rings. The van der Waals surface area contributed by atoms with Gasteiger partial charge in [0.05, 0.1) is 0 Å². The number of ether oxygens (including phenoxy) is 1. The third kappa shape index (κ3) is 7.31. The number of guanidine groups is 1. The summed E-state index contributed by atoms with van der Waals surface area (Å²) in [6.07, 6.45) is 2.44. The van der Waals surface area contributed by atoms with E-state index in [0.29, 0.717) is 18.5 Å². The number of likely N-dealkylation sites (tertiary alicyclic amines) is 1. The average Bonchev–Trinajstić information content (AvgIpc) is 3.02. The molecule has 142 valence electrons. The Hall–Kier alpha value is -1.16. The molecule has 1 aromatic carbocycles. The lowest BCUT2D eigenvalue weighted by atomic mass is 10.2. The predicted molar refractivity (Wildman–Crippen MR) is 107 cm³/mol. The number of alkyl halides is 2. The van der Waals surface area contributed by atoms with E-state index < -0.39 is 6.61 Å². The first kappa shape index (κ1) is 21.9. The third-order valence-corrected chi connectivity index (χ3v) is 4.22. The van der Waals surface area contributed by atoms with E-state index in [1.54, 1.807) is 19.2 Å². The van der Waals surface area contributed by atoms with Gasteiger partial charge in [-0.1, -0.05) is 19.1 Å². The number of likely N-dealkylation sites (N-methyl/N-ethyl adjacent to an activating group) is 1. The highest BCUT2D eigenvalue weighted by atomic mass is 127. The molecule has 0 bridgehead atoms. The molecule has 2 rings (SSSR count). The molecule has 1 fully saturated rings. The molecule has 1 unspecified atom stereocenters. The van der Waals surface area contributed by atoms with Gasteiger partial charge in [0.15, 0.2) is 5.96 Å². The summed E-state index contributed by atoms with van der Waals surface area (Å²) in [5.74, 6) is 0.870. The SMILES string of the molecule is CCN1CCCC1CNC(=NC)NCc1cccc(OC(F)F)c1.I. The summed E-state index contributed by atoms with van der Waals surface area (Å²) < 4.78 is 28.9. The summed E-state index contributed by atoms with van der Waals surface area (Å²) >= 11 is 0. The van der Waals surface area contributed by atoms with E-state index in [-0.39, 0.29) is 29.7 Å². The molecule has 1 atom stereocenters. The van der Waals surface area contributed by atoms with Gasteiger partial charge in [-0.25, -0.2) is 0 Å². The number of nitrogens with zero attached hydrogens (tertiary/aromatic N) is 2. The molecule has 25 heavy (non-hydrogen) atoms. The zero-order valence-corrected chi connectivity index (χ0v) is 17.0. The van der Waals surface area contributed by atoms with Crippen LogP contribution in [0.5, 0.6) is 5.75 Å². The second-order valence-electron chi connectivity index (χ2n) is 5.76. The lowest BCUT2D eigenvalue weighted by molar-refractivity contribution is -0.0498. The highest BCUT2D eigenvalue weighted by Crippen LogP contribution is 2.16. The number of aliphatic imine (C=N–C) groups is 1. The first-order chi connectivity index (χ1) is 11.6. The number of benzene rings is 1. The van der Waals surface area contributed by atoms with Crippen molar-refractivity contribution in [3.63, 3.8) is 0 Å². The van der Waals surface area contributed by atoms with Crippen LogP contribution in [0, 0.1) is 0 Å².